The minimum absolute atomic E-state index is 0.000260. The van der Waals surface area contributed by atoms with E-state index in [1.54, 1.807) is 12.3 Å². The zero-order valence-electron chi connectivity index (χ0n) is 23.9. The lowest BCUT2D eigenvalue weighted by Crippen LogP contribution is -2.48. The first-order valence-electron chi connectivity index (χ1n) is 13.5. The van der Waals surface area contributed by atoms with Gasteiger partial charge in [-0.05, 0) is 71.0 Å². The summed E-state index contributed by atoms with van der Waals surface area (Å²) in [6.07, 6.45) is 5.32. The summed E-state index contributed by atoms with van der Waals surface area (Å²) in [6, 6.07) is 15.8. The molecule has 39 heavy (non-hydrogen) atoms. The molecule has 1 aliphatic heterocycles. The van der Waals surface area contributed by atoms with Crippen LogP contribution in [0.4, 0.5) is 11.4 Å². The maximum Gasteiger partial charge on any atom is 0.246 e. The number of carbonyl (C=O) groups is 1. The Hall–Kier alpha value is -4.00. The van der Waals surface area contributed by atoms with Crippen LogP contribution < -0.4 is 10.2 Å². The van der Waals surface area contributed by atoms with Gasteiger partial charge in [-0.1, -0.05) is 41.5 Å². The van der Waals surface area contributed by atoms with E-state index in [1.165, 1.54) is 0 Å². The highest BCUT2D eigenvalue weighted by Gasteiger charge is 2.26. The van der Waals surface area contributed by atoms with Crippen molar-refractivity contribution >= 4 is 29.2 Å². The monoisotopic (exact) mass is 527 g/mol. The van der Waals surface area contributed by atoms with Crippen molar-refractivity contribution in [2.75, 3.05) is 36.4 Å². The Morgan fingerprint density at radius 2 is 1.54 bits per heavy atom. The van der Waals surface area contributed by atoms with Gasteiger partial charge in [0.15, 0.2) is 0 Å². The van der Waals surface area contributed by atoms with E-state index in [1.807, 2.05) is 59.5 Å². The summed E-state index contributed by atoms with van der Waals surface area (Å²) in [7, 11) is 0. The van der Waals surface area contributed by atoms with Gasteiger partial charge < -0.3 is 25.2 Å². The number of aromatic hydroxyl groups is 1. The van der Waals surface area contributed by atoms with Crippen molar-refractivity contribution < 1.29 is 9.90 Å². The number of amidine groups is 1. The lowest BCUT2D eigenvalue weighted by atomic mass is 9.78. The Bertz CT molecular complexity index is 1300. The molecule has 7 heteroatoms. The van der Waals surface area contributed by atoms with E-state index in [9.17, 15) is 9.90 Å². The van der Waals surface area contributed by atoms with Crippen molar-refractivity contribution in [2.24, 2.45) is 0 Å². The van der Waals surface area contributed by atoms with E-state index >= 15 is 0 Å². The van der Waals surface area contributed by atoms with Gasteiger partial charge >= 0.3 is 0 Å². The van der Waals surface area contributed by atoms with Crippen LogP contribution >= 0.6 is 0 Å². The smallest absolute Gasteiger partial charge is 0.246 e. The average molecular weight is 528 g/mol. The second-order valence-electron chi connectivity index (χ2n) is 12.2. The largest absolute Gasteiger partial charge is 0.507 e. The number of hydrogen-bond acceptors (Lipinski definition) is 4. The fourth-order valence-corrected chi connectivity index (χ4v) is 4.81. The van der Waals surface area contributed by atoms with E-state index in [2.05, 4.69) is 56.7 Å². The summed E-state index contributed by atoms with van der Waals surface area (Å²) in [5.41, 5.74) is 4.96. The molecule has 7 nitrogen and oxygen atoms in total. The van der Waals surface area contributed by atoms with E-state index < -0.39 is 0 Å². The molecule has 1 aliphatic rings. The highest BCUT2D eigenvalue weighted by Crippen LogP contribution is 2.40. The first kappa shape index (κ1) is 28.0. The number of nitrogens with zero attached hydrogens (tertiary/aromatic N) is 2. The lowest BCUT2D eigenvalue weighted by Gasteiger charge is -2.35. The number of rotatable bonds is 5. The summed E-state index contributed by atoms with van der Waals surface area (Å²) < 4.78 is 0. The maximum absolute atomic E-state index is 13.0. The predicted molar refractivity (Wildman–Crippen MR) is 161 cm³/mol. The van der Waals surface area contributed by atoms with E-state index in [-0.39, 0.29) is 16.7 Å². The number of H-pyrrole nitrogens is 1. The van der Waals surface area contributed by atoms with Crippen molar-refractivity contribution in [2.45, 2.75) is 52.4 Å². The van der Waals surface area contributed by atoms with E-state index in [4.69, 9.17) is 5.41 Å². The Kier molecular flexibility index (Phi) is 7.91. The zero-order chi connectivity index (χ0) is 28.4. The minimum Gasteiger partial charge on any atom is -0.507 e. The molecule has 1 saturated heterocycles. The predicted octanol–water partition coefficient (Wildman–Crippen LogP) is 6.11. The first-order valence-corrected chi connectivity index (χ1v) is 13.5. The molecule has 206 valence electrons. The molecule has 2 aromatic carbocycles. The standard InChI is InChI=1S/C32H41N5O2/c1-31(2,3)25-20-22(21-26(29(25)39)32(4,5)6)9-14-28(38)37-18-16-36(17-19-37)24-12-10-23(11-13-24)35-30(33)27-8-7-15-34-27/h7-15,20-21,34,39H,16-19H2,1-6H3,(H2,33,35)/b14-9+. The van der Waals surface area contributed by atoms with Crippen LogP contribution in [0.3, 0.4) is 0 Å². The molecule has 3 aromatic rings. The quantitative estimate of drug-likeness (QED) is 0.183. The Balaban J connectivity index is 1.37. The molecule has 0 bridgehead atoms. The molecule has 0 unspecified atom stereocenters. The second-order valence-corrected chi connectivity index (χ2v) is 12.2. The molecular formula is C32H41N5O2. The molecule has 2 heterocycles. The normalized spacial score (nSPS) is 14.6. The molecule has 0 atom stereocenters. The van der Waals surface area contributed by atoms with Gasteiger partial charge in [0.25, 0.3) is 0 Å². The zero-order valence-corrected chi connectivity index (χ0v) is 23.9. The van der Waals surface area contributed by atoms with Crippen LogP contribution in [0.15, 0.2) is 60.8 Å². The average Bonchev–Trinajstić information content (AvgIpc) is 3.42. The van der Waals surface area contributed by atoms with Crippen LogP contribution in [0.2, 0.25) is 0 Å². The molecule has 1 amide bonds. The topological polar surface area (TPSA) is 95.5 Å². The molecule has 0 radical (unpaired) electrons. The summed E-state index contributed by atoms with van der Waals surface area (Å²) in [4.78, 5) is 20.2. The van der Waals surface area contributed by atoms with Crippen LogP contribution in [0.1, 0.15) is 63.9 Å². The van der Waals surface area contributed by atoms with Crippen LogP contribution in [0.25, 0.3) is 6.08 Å². The number of aromatic nitrogens is 1. The lowest BCUT2D eigenvalue weighted by molar-refractivity contribution is -0.126. The van der Waals surface area contributed by atoms with Crippen LogP contribution in [0, 0.1) is 5.41 Å². The fourth-order valence-electron chi connectivity index (χ4n) is 4.81. The van der Waals surface area contributed by atoms with Crippen LogP contribution in [-0.2, 0) is 15.6 Å². The second kappa shape index (κ2) is 11.0. The van der Waals surface area contributed by atoms with Gasteiger partial charge in [0.1, 0.15) is 11.6 Å². The molecule has 4 rings (SSSR count). The number of nitrogens with one attached hydrogen (secondary N) is 3. The van der Waals surface area contributed by atoms with Crippen molar-refractivity contribution in [3.8, 4) is 5.75 Å². The summed E-state index contributed by atoms with van der Waals surface area (Å²) in [5, 5.41) is 22.2. The minimum atomic E-state index is -0.216. The third-order valence-electron chi connectivity index (χ3n) is 7.13. The maximum atomic E-state index is 13.0. The van der Waals surface area contributed by atoms with Gasteiger partial charge in [0, 0.05) is 61.0 Å². The fraction of sp³-hybridized carbons (Fsp3) is 0.375. The van der Waals surface area contributed by atoms with Gasteiger partial charge in [-0.2, -0.15) is 0 Å². The highest BCUT2D eigenvalue weighted by molar-refractivity contribution is 6.04. The van der Waals surface area contributed by atoms with Crippen LogP contribution in [0.5, 0.6) is 5.75 Å². The van der Waals surface area contributed by atoms with Crippen LogP contribution in [-0.4, -0.2) is 52.9 Å². The third kappa shape index (κ3) is 6.72. The summed E-state index contributed by atoms with van der Waals surface area (Å²) in [6.45, 7) is 15.3. The highest BCUT2D eigenvalue weighted by atomic mass is 16.3. The molecule has 4 N–H and O–H groups in total. The summed E-state index contributed by atoms with van der Waals surface area (Å²) in [5.74, 6) is 0.668. The van der Waals surface area contributed by atoms with E-state index in [0.29, 0.717) is 24.7 Å². The van der Waals surface area contributed by atoms with Gasteiger partial charge in [-0.15, -0.1) is 0 Å². The molecular weight excluding hydrogens is 486 g/mol. The number of piperazine rings is 1. The number of phenols is 1. The van der Waals surface area contributed by atoms with Gasteiger partial charge in [0.05, 0.1) is 5.69 Å². The SMILES string of the molecule is CC(C)(C)c1cc(/C=C/C(=O)N2CCN(c3ccc(NC(=N)c4ccc[nH]4)cc3)CC2)cc(C(C)(C)C)c1O. The molecule has 0 spiro atoms. The number of hydrogen-bond donors (Lipinski definition) is 4. The number of carbonyl (C=O) groups excluding carboxylic acids is 1. The number of benzene rings is 2. The van der Waals surface area contributed by atoms with Crippen molar-refractivity contribution in [1.29, 1.82) is 5.41 Å². The van der Waals surface area contributed by atoms with Gasteiger partial charge in [-0.3, -0.25) is 10.2 Å². The number of phenolic OH excluding ortho intramolecular Hbond substituents is 1. The molecule has 0 aliphatic carbocycles. The number of amides is 1. The van der Waals surface area contributed by atoms with Crippen molar-refractivity contribution in [1.82, 2.24) is 9.88 Å². The Labute approximate surface area is 232 Å². The van der Waals surface area contributed by atoms with Crippen molar-refractivity contribution in [3.05, 3.63) is 83.2 Å². The van der Waals surface area contributed by atoms with Gasteiger partial charge in [0.2, 0.25) is 5.91 Å². The first-order chi connectivity index (χ1) is 18.3. The van der Waals surface area contributed by atoms with E-state index in [0.717, 1.165) is 46.8 Å². The number of anilines is 2. The Morgan fingerprint density at radius 3 is 2.05 bits per heavy atom. The third-order valence-corrected chi connectivity index (χ3v) is 7.13. The number of aromatic amines is 1. The molecule has 0 saturated carbocycles. The van der Waals surface area contributed by atoms with Gasteiger partial charge in [-0.25, -0.2) is 0 Å². The molecule has 1 fully saturated rings. The van der Waals surface area contributed by atoms with Crippen molar-refractivity contribution in [3.63, 3.8) is 0 Å². The summed E-state index contributed by atoms with van der Waals surface area (Å²) >= 11 is 0. The Morgan fingerprint density at radius 1 is 0.949 bits per heavy atom. The molecule has 1 aromatic heterocycles.